The molecule has 0 bridgehead atoms. The Hall–Kier alpha value is -1.83. The van der Waals surface area contributed by atoms with E-state index in [1.54, 1.807) is 23.5 Å². The highest BCUT2D eigenvalue weighted by molar-refractivity contribution is 8.07. The Morgan fingerprint density at radius 1 is 1.14 bits per heavy atom. The maximum atomic E-state index is 9.59. The maximum absolute atomic E-state index is 9.59. The first-order chi connectivity index (χ1) is 10.8. The monoisotopic (exact) mass is 324 g/mol. The van der Waals surface area contributed by atoms with Crippen molar-refractivity contribution >= 4 is 29.2 Å². The third kappa shape index (κ3) is 3.32. The first kappa shape index (κ1) is 15.1. The van der Waals surface area contributed by atoms with Gasteiger partial charge in [-0.1, -0.05) is 47.7 Å². The molecule has 22 heavy (non-hydrogen) atoms. The molecule has 1 aliphatic heterocycles. The molecule has 0 N–H and O–H groups in total. The second-order valence-electron chi connectivity index (χ2n) is 5.00. The van der Waals surface area contributed by atoms with Crippen molar-refractivity contribution in [2.75, 3.05) is 17.2 Å². The van der Waals surface area contributed by atoms with Gasteiger partial charge in [0.1, 0.15) is 16.0 Å². The van der Waals surface area contributed by atoms with Gasteiger partial charge in [0.15, 0.2) is 0 Å². The van der Waals surface area contributed by atoms with Crippen LogP contribution in [0.1, 0.15) is 5.56 Å². The highest BCUT2D eigenvalue weighted by Crippen LogP contribution is 2.40. The summed E-state index contributed by atoms with van der Waals surface area (Å²) in [7, 11) is 0. The molecule has 4 heteroatoms. The average molecular weight is 324 g/mol. The first-order valence-electron chi connectivity index (χ1n) is 7.12. The molecule has 0 unspecified atom stereocenters. The van der Waals surface area contributed by atoms with E-state index in [0.717, 1.165) is 32.8 Å². The van der Waals surface area contributed by atoms with Gasteiger partial charge in [-0.05, 0) is 31.2 Å². The molecule has 2 aromatic carbocycles. The van der Waals surface area contributed by atoms with E-state index in [2.05, 4.69) is 42.2 Å². The number of allylic oxidation sites excluding steroid dienone is 1. The molecule has 0 aromatic heterocycles. The van der Waals surface area contributed by atoms with Gasteiger partial charge in [0.05, 0.1) is 0 Å². The Labute approximate surface area is 139 Å². The van der Waals surface area contributed by atoms with Crippen molar-refractivity contribution < 1.29 is 0 Å². The molecule has 0 radical (unpaired) electrons. The molecule has 2 nitrogen and oxygen atoms in total. The van der Waals surface area contributed by atoms with E-state index in [1.807, 2.05) is 30.3 Å². The van der Waals surface area contributed by atoms with E-state index in [0.29, 0.717) is 0 Å². The van der Waals surface area contributed by atoms with E-state index in [-0.39, 0.29) is 0 Å². The summed E-state index contributed by atoms with van der Waals surface area (Å²) < 4.78 is 0. The lowest BCUT2D eigenvalue weighted by Gasteiger charge is -2.20. The van der Waals surface area contributed by atoms with Crippen molar-refractivity contribution in [3.63, 3.8) is 0 Å². The van der Waals surface area contributed by atoms with Crippen LogP contribution in [0.5, 0.6) is 0 Å². The zero-order valence-corrected chi connectivity index (χ0v) is 14.0. The van der Waals surface area contributed by atoms with E-state index in [4.69, 9.17) is 0 Å². The van der Waals surface area contributed by atoms with Gasteiger partial charge < -0.3 is 4.90 Å². The third-order valence-electron chi connectivity index (χ3n) is 3.40. The molecule has 0 aliphatic carbocycles. The highest BCUT2D eigenvalue weighted by atomic mass is 32.2. The van der Waals surface area contributed by atoms with Crippen LogP contribution in [-0.4, -0.2) is 12.3 Å². The molecule has 1 heterocycles. The standard InChI is InChI=1S/C18H16N2S2/c1-14-7-9-15(10-8-14)20-11-12-21-18(20)17(13-19)22-16-5-3-2-4-6-16/h2-10H,11-12H2,1H3/b18-17-. The smallest absolute Gasteiger partial charge is 0.120 e. The van der Waals surface area contributed by atoms with Gasteiger partial charge in [-0.2, -0.15) is 5.26 Å². The van der Waals surface area contributed by atoms with Crippen molar-refractivity contribution in [1.82, 2.24) is 0 Å². The fourth-order valence-corrected chi connectivity index (χ4v) is 4.36. The fraction of sp³-hybridized carbons (Fsp3) is 0.167. The molecule has 3 rings (SSSR count). The largest absolute Gasteiger partial charge is 0.334 e. The van der Waals surface area contributed by atoms with Crippen molar-refractivity contribution in [3.8, 4) is 6.07 Å². The van der Waals surface area contributed by atoms with Gasteiger partial charge in [-0.3, -0.25) is 0 Å². The summed E-state index contributed by atoms with van der Waals surface area (Å²) in [4.78, 5) is 4.12. The Morgan fingerprint density at radius 2 is 1.86 bits per heavy atom. The second kappa shape index (κ2) is 6.95. The van der Waals surface area contributed by atoms with Crippen LogP contribution >= 0.6 is 23.5 Å². The topological polar surface area (TPSA) is 27.0 Å². The van der Waals surface area contributed by atoms with E-state index in [1.165, 1.54) is 5.56 Å². The third-order valence-corrected chi connectivity index (χ3v) is 5.61. The van der Waals surface area contributed by atoms with Crippen LogP contribution in [0.25, 0.3) is 0 Å². The Balaban J connectivity index is 1.92. The minimum atomic E-state index is 0.772. The second-order valence-corrected chi connectivity index (χ2v) is 7.16. The molecular formula is C18H16N2S2. The summed E-state index contributed by atoms with van der Waals surface area (Å²) in [5, 5.41) is 10.7. The minimum Gasteiger partial charge on any atom is -0.334 e. The lowest BCUT2D eigenvalue weighted by molar-refractivity contribution is 1.04. The zero-order valence-electron chi connectivity index (χ0n) is 12.3. The Bertz CT molecular complexity index is 715. The highest BCUT2D eigenvalue weighted by Gasteiger charge is 2.23. The molecular weight excluding hydrogens is 308 g/mol. The Kier molecular flexibility index (Phi) is 4.77. The predicted octanol–water partition coefficient (Wildman–Crippen LogP) is 5.03. The summed E-state index contributed by atoms with van der Waals surface area (Å²) in [5.41, 5.74) is 2.41. The molecule has 0 amide bonds. The van der Waals surface area contributed by atoms with Gasteiger partial charge in [0.2, 0.25) is 0 Å². The summed E-state index contributed by atoms with van der Waals surface area (Å²) in [6.07, 6.45) is 0. The molecule has 0 saturated carbocycles. The van der Waals surface area contributed by atoms with E-state index < -0.39 is 0 Å². The summed E-state index contributed by atoms with van der Waals surface area (Å²) in [6, 6.07) is 21.0. The summed E-state index contributed by atoms with van der Waals surface area (Å²) in [6.45, 7) is 3.04. The number of benzene rings is 2. The summed E-state index contributed by atoms with van der Waals surface area (Å²) in [5.74, 6) is 1.02. The molecule has 1 saturated heterocycles. The zero-order chi connectivity index (χ0) is 15.4. The van der Waals surface area contributed by atoms with Gasteiger partial charge >= 0.3 is 0 Å². The fourth-order valence-electron chi connectivity index (χ4n) is 2.29. The molecule has 110 valence electrons. The van der Waals surface area contributed by atoms with Gasteiger partial charge in [0, 0.05) is 22.9 Å². The van der Waals surface area contributed by atoms with E-state index in [9.17, 15) is 5.26 Å². The molecule has 2 aromatic rings. The quantitative estimate of drug-likeness (QED) is 0.584. The first-order valence-corrected chi connectivity index (χ1v) is 8.92. The van der Waals surface area contributed by atoms with Gasteiger partial charge in [0.25, 0.3) is 0 Å². The van der Waals surface area contributed by atoms with E-state index >= 15 is 0 Å². The van der Waals surface area contributed by atoms with Crippen molar-refractivity contribution in [2.45, 2.75) is 11.8 Å². The number of thioether (sulfide) groups is 2. The number of rotatable bonds is 3. The number of anilines is 1. The number of aryl methyl sites for hydroxylation is 1. The molecule has 1 fully saturated rings. The van der Waals surface area contributed by atoms with Crippen LogP contribution in [0.3, 0.4) is 0 Å². The normalized spacial score (nSPS) is 16.5. The number of hydrogen-bond acceptors (Lipinski definition) is 4. The number of nitriles is 1. The molecule has 0 atom stereocenters. The van der Waals surface area contributed by atoms with Gasteiger partial charge in [-0.15, -0.1) is 11.8 Å². The number of hydrogen-bond donors (Lipinski definition) is 0. The lowest BCUT2D eigenvalue weighted by atomic mass is 10.2. The van der Waals surface area contributed by atoms with Crippen LogP contribution in [-0.2, 0) is 0 Å². The Morgan fingerprint density at radius 3 is 2.55 bits per heavy atom. The molecule has 1 aliphatic rings. The van der Waals surface area contributed by atoms with Crippen LogP contribution < -0.4 is 4.90 Å². The SMILES string of the molecule is Cc1ccc(N2CCS/C2=C(/C#N)Sc2ccccc2)cc1. The minimum absolute atomic E-state index is 0.772. The summed E-state index contributed by atoms with van der Waals surface area (Å²) >= 11 is 3.31. The average Bonchev–Trinajstić information content (AvgIpc) is 3.04. The van der Waals surface area contributed by atoms with Crippen molar-refractivity contribution in [1.29, 1.82) is 5.26 Å². The maximum Gasteiger partial charge on any atom is 0.120 e. The van der Waals surface area contributed by atoms with Crippen LogP contribution in [0.4, 0.5) is 5.69 Å². The van der Waals surface area contributed by atoms with Crippen LogP contribution in [0.15, 0.2) is 69.4 Å². The van der Waals surface area contributed by atoms with Crippen LogP contribution in [0.2, 0.25) is 0 Å². The van der Waals surface area contributed by atoms with Crippen molar-refractivity contribution in [2.24, 2.45) is 0 Å². The van der Waals surface area contributed by atoms with Crippen molar-refractivity contribution in [3.05, 3.63) is 70.1 Å². The lowest BCUT2D eigenvalue weighted by Crippen LogP contribution is -2.17. The van der Waals surface area contributed by atoms with Gasteiger partial charge in [-0.25, -0.2) is 0 Å². The predicted molar refractivity (Wildman–Crippen MR) is 95.9 cm³/mol. The van der Waals surface area contributed by atoms with Crippen LogP contribution in [0, 0.1) is 18.3 Å². The number of nitrogens with zero attached hydrogens (tertiary/aromatic N) is 2. The molecule has 0 spiro atoms.